The number of carbonyl (C=O) groups is 3. The molecule has 2 aromatic carbocycles. The smallest absolute Gasteiger partial charge is 0.344 e. The lowest BCUT2D eigenvalue weighted by Crippen LogP contribution is -2.49. The summed E-state index contributed by atoms with van der Waals surface area (Å²) in [7, 11) is 1.41. The number of carbonyl (C=O) groups excluding carboxylic acids is 3. The molecule has 1 fully saturated rings. The topological polar surface area (TPSA) is 121 Å². The lowest BCUT2D eigenvalue weighted by molar-refractivity contribution is -0.140. The van der Waals surface area contributed by atoms with Crippen molar-refractivity contribution in [3.05, 3.63) is 59.7 Å². The van der Waals surface area contributed by atoms with E-state index in [1.54, 1.807) is 31.2 Å². The number of hydrogen-bond donors (Lipinski definition) is 2. The van der Waals surface area contributed by atoms with Crippen molar-refractivity contribution in [3.63, 3.8) is 0 Å². The number of nitrogens with one attached hydrogen (secondary N) is 2. The van der Waals surface area contributed by atoms with Crippen LogP contribution < -0.4 is 20.2 Å². The highest BCUT2D eigenvalue weighted by Crippen LogP contribution is 2.31. The number of rotatable bonds is 7. The third kappa shape index (κ3) is 3.75. The van der Waals surface area contributed by atoms with Crippen LogP contribution in [0.4, 0.5) is 4.79 Å². The van der Waals surface area contributed by atoms with Crippen molar-refractivity contribution >= 4 is 17.8 Å². The second-order valence-electron chi connectivity index (χ2n) is 6.50. The fraction of sp³-hybridized carbons (Fsp3) is 0.238. The second-order valence-corrected chi connectivity index (χ2v) is 6.50. The maximum absolute atomic E-state index is 13.0. The van der Waals surface area contributed by atoms with Crippen LogP contribution in [0.5, 0.6) is 11.5 Å². The standard InChI is InChI=1S/C21H20N4O5/c1-3-21(15-7-5-4-6-8-15)19(27)25(20(28)23-21)24-18(26)13-30-16-10-9-14(12-22)11-17(16)29-2/h4-11H,3,13H2,1-2H3,(H,23,28)(H,24,26)/t21-/m0/s1. The van der Waals surface area contributed by atoms with E-state index in [1.807, 2.05) is 12.1 Å². The number of urea groups is 1. The number of benzene rings is 2. The van der Waals surface area contributed by atoms with Gasteiger partial charge in [-0.15, -0.1) is 0 Å². The highest BCUT2D eigenvalue weighted by molar-refractivity contribution is 6.08. The largest absolute Gasteiger partial charge is 0.493 e. The molecule has 0 bridgehead atoms. The summed E-state index contributed by atoms with van der Waals surface area (Å²) in [6, 6.07) is 14.6. The summed E-state index contributed by atoms with van der Waals surface area (Å²) in [5.74, 6) is -0.752. The van der Waals surface area contributed by atoms with Gasteiger partial charge in [0, 0.05) is 6.07 Å². The average Bonchev–Trinajstić information content (AvgIpc) is 3.03. The highest BCUT2D eigenvalue weighted by atomic mass is 16.5. The van der Waals surface area contributed by atoms with E-state index in [2.05, 4.69) is 10.7 Å². The van der Waals surface area contributed by atoms with Crippen molar-refractivity contribution in [3.8, 4) is 17.6 Å². The number of hydrazine groups is 1. The molecule has 0 aromatic heterocycles. The molecule has 1 aliphatic heterocycles. The summed E-state index contributed by atoms with van der Waals surface area (Å²) in [5, 5.41) is 12.3. The maximum Gasteiger partial charge on any atom is 0.344 e. The van der Waals surface area contributed by atoms with Gasteiger partial charge < -0.3 is 14.8 Å². The summed E-state index contributed by atoms with van der Waals surface area (Å²) in [6.45, 7) is 1.31. The summed E-state index contributed by atoms with van der Waals surface area (Å²) >= 11 is 0. The molecule has 30 heavy (non-hydrogen) atoms. The van der Waals surface area contributed by atoms with Crippen LogP contribution in [0.15, 0.2) is 48.5 Å². The van der Waals surface area contributed by atoms with E-state index in [4.69, 9.17) is 14.7 Å². The van der Waals surface area contributed by atoms with Crippen molar-refractivity contribution in [1.29, 1.82) is 5.26 Å². The van der Waals surface area contributed by atoms with E-state index in [9.17, 15) is 14.4 Å². The third-order valence-electron chi connectivity index (χ3n) is 4.78. The van der Waals surface area contributed by atoms with Gasteiger partial charge in [0.25, 0.3) is 11.8 Å². The molecule has 4 amide bonds. The zero-order chi connectivity index (χ0) is 21.7. The van der Waals surface area contributed by atoms with Crippen LogP contribution in [0.3, 0.4) is 0 Å². The van der Waals surface area contributed by atoms with Crippen LogP contribution in [-0.4, -0.2) is 36.6 Å². The Morgan fingerprint density at radius 2 is 1.93 bits per heavy atom. The van der Waals surface area contributed by atoms with E-state index < -0.39 is 30.0 Å². The molecule has 2 aromatic rings. The van der Waals surface area contributed by atoms with Crippen LogP contribution in [0, 0.1) is 11.3 Å². The number of nitrogens with zero attached hydrogens (tertiary/aromatic N) is 2. The molecule has 0 spiro atoms. The average molecular weight is 408 g/mol. The zero-order valence-electron chi connectivity index (χ0n) is 16.5. The van der Waals surface area contributed by atoms with Crippen molar-refractivity contribution in [2.45, 2.75) is 18.9 Å². The Labute approximate surface area is 173 Å². The van der Waals surface area contributed by atoms with Crippen LogP contribution in [-0.2, 0) is 15.1 Å². The SMILES string of the molecule is CC[C@@]1(c2ccccc2)NC(=O)N(NC(=O)COc2ccc(C#N)cc2OC)C1=O. The molecule has 9 heteroatoms. The van der Waals surface area contributed by atoms with Crippen LogP contribution >= 0.6 is 0 Å². The Morgan fingerprint density at radius 1 is 1.20 bits per heavy atom. The molecule has 0 aliphatic carbocycles. The number of imide groups is 1. The van der Waals surface area contributed by atoms with Gasteiger partial charge in [0.05, 0.1) is 18.7 Å². The van der Waals surface area contributed by atoms with E-state index in [0.29, 0.717) is 22.6 Å². The molecular formula is C21H20N4O5. The predicted molar refractivity (Wildman–Crippen MR) is 105 cm³/mol. The Morgan fingerprint density at radius 3 is 2.57 bits per heavy atom. The fourth-order valence-corrected chi connectivity index (χ4v) is 3.20. The molecule has 0 unspecified atom stereocenters. The molecule has 0 saturated carbocycles. The van der Waals surface area contributed by atoms with Crippen LogP contribution in [0.2, 0.25) is 0 Å². The number of nitriles is 1. The number of hydrogen-bond acceptors (Lipinski definition) is 6. The van der Waals surface area contributed by atoms with Gasteiger partial charge in [-0.3, -0.25) is 15.0 Å². The predicted octanol–water partition coefficient (Wildman–Crippen LogP) is 1.83. The van der Waals surface area contributed by atoms with Gasteiger partial charge in [-0.25, -0.2) is 4.79 Å². The summed E-state index contributed by atoms with van der Waals surface area (Å²) in [6.07, 6.45) is 0.312. The summed E-state index contributed by atoms with van der Waals surface area (Å²) < 4.78 is 10.6. The Bertz CT molecular complexity index is 1020. The minimum Gasteiger partial charge on any atom is -0.493 e. The minimum absolute atomic E-state index is 0.246. The molecule has 1 saturated heterocycles. The second kappa shape index (κ2) is 8.53. The van der Waals surface area contributed by atoms with Gasteiger partial charge in [0.15, 0.2) is 18.1 Å². The third-order valence-corrected chi connectivity index (χ3v) is 4.78. The van der Waals surface area contributed by atoms with Gasteiger partial charge in [-0.2, -0.15) is 10.3 Å². The van der Waals surface area contributed by atoms with Gasteiger partial charge in [0.1, 0.15) is 5.54 Å². The zero-order valence-corrected chi connectivity index (χ0v) is 16.5. The normalized spacial score (nSPS) is 17.8. The molecule has 1 heterocycles. The van der Waals surface area contributed by atoms with Crippen LogP contribution in [0.1, 0.15) is 24.5 Å². The summed E-state index contributed by atoms with van der Waals surface area (Å²) in [5.41, 5.74) is 2.04. The lowest BCUT2D eigenvalue weighted by atomic mass is 9.87. The molecule has 1 aliphatic rings. The van der Waals surface area contributed by atoms with Crippen molar-refractivity contribution < 1.29 is 23.9 Å². The number of ether oxygens (including phenoxy) is 2. The Balaban J connectivity index is 1.69. The molecule has 3 rings (SSSR count). The molecule has 154 valence electrons. The highest BCUT2D eigenvalue weighted by Gasteiger charge is 2.52. The molecule has 9 nitrogen and oxygen atoms in total. The van der Waals surface area contributed by atoms with Crippen LogP contribution in [0.25, 0.3) is 0 Å². The van der Waals surface area contributed by atoms with E-state index in [1.165, 1.54) is 25.3 Å². The van der Waals surface area contributed by atoms with Gasteiger partial charge in [-0.05, 0) is 24.1 Å². The van der Waals surface area contributed by atoms with Gasteiger partial charge in [0.2, 0.25) is 0 Å². The first-order valence-electron chi connectivity index (χ1n) is 9.17. The number of amides is 4. The van der Waals surface area contributed by atoms with Gasteiger partial charge >= 0.3 is 6.03 Å². The minimum atomic E-state index is -1.25. The Kier molecular flexibility index (Phi) is 5.88. The maximum atomic E-state index is 13.0. The molecule has 1 atom stereocenters. The number of methoxy groups -OCH3 is 1. The van der Waals surface area contributed by atoms with E-state index >= 15 is 0 Å². The van der Waals surface area contributed by atoms with E-state index in [0.717, 1.165) is 0 Å². The van der Waals surface area contributed by atoms with Crippen molar-refractivity contribution in [2.75, 3.05) is 13.7 Å². The lowest BCUT2D eigenvalue weighted by Gasteiger charge is -2.25. The fourth-order valence-electron chi connectivity index (χ4n) is 3.20. The Hall–Kier alpha value is -4.06. The van der Waals surface area contributed by atoms with Gasteiger partial charge in [-0.1, -0.05) is 37.3 Å². The van der Waals surface area contributed by atoms with Crippen molar-refractivity contribution in [2.24, 2.45) is 0 Å². The molecular weight excluding hydrogens is 388 g/mol. The summed E-state index contributed by atoms with van der Waals surface area (Å²) in [4.78, 5) is 37.7. The molecule has 2 N–H and O–H groups in total. The van der Waals surface area contributed by atoms with Crippen molar-refractivity contribution in [1.82, 2.24) is 15.8 Å². The first-order valence-corrected chi connectivity index (χ1v) is 9.17. The molecule has 0 radical (unpaired) electrons. The van der Waals surface area contributed by atoms with E-state index in [-0.39, 0.29) is 11.5 Å². The first kappa shape index (κ1) is 20.7. The monoisotopic (exact) mass is 408 g/mol. The first-order chi connectivity index (χ1) is 14.4. The quantitative estimate of drug-likeness (QED) is 0.675.